The van der Waals surface area contributed by atoms with Crippen molar-refractivity contribution in [3.05, 3.63) is 88.8 Å². The van der Waals surface area contributed by atoms with Crippen LogP contribution in [-0.2, 0) is 0 Å². The van der Waals surface area contributed by atoms with E-state index < -0.39 is 0 Å². The van der Waals surface area contributed by atoms with Crippen molar-refractivity contribution in [2.24, 2.45) is 0 Å². The van der Waals surface area contributed by atoms with E-state index in [9.17, 15) is 4.79 Å². The fraction of sp³-hybridized carbons (Fsp3) is 0.0909. The summed E-state index contributed by atoms with van der Waals surface area (Å²) >= 11 is 6.15. The van der Waals surface area contributed by atoms with Crippen LogP contribution in [0.3, 0.4) is 0 Å². The maximum atomic E-state index is 13.0. The highest BCUT2D eigenvalue weighted by atomic mass is 35.5. The van der Waals surface area contributed by atoms with Crippen LogP contribution >= 0.6 is 11.6 Å². The van der Waals surface area contributed by atoms with Crippen LogP contribution in [0.25, 0.3) is 5.65 Å². The van der Waals surface area contributed by atoms with Gasteiger partial charge in [0.25, 0.3) is 5.91 Å². The number of amides is 1. The van der Waals surface area contributed by atoms with Gasteiger partial charge in [-0.1, -0.05) is 29.8 Å². The number of para-hydroxylation sites is 1. The zero-order valence-corrected chi connectivity index (χ0v) is 16.2. The number of nitrogens with zero attached hydrogens (tertiary/aromatic N) is 2. The zero-order chi connectivity index (χ0) is 19.7. The molecule has 0 fully saturated rings. The predicted octanol–water partition coefficient (Wildman–Crippen LogP) is 5.65. The van der Waals surface area contributed by atoms with Crippen molar-refractivity contribution in [1.82, 2.24) is 9.38 Å². The fourth-order valence-corrected chi connectivity index (χ4v) is 3.20. The fourth-order valence-electron chi connectivity index (χ4n) is 3.02. The number of anilines is 1. The van der Waals surface area contributed by atoms with Gasteiger partial charge in [-0.05, 0) is 61.9 Å². The number of aromatic nitrogens is 2. The standard InChI is InChI=1S/C22H18ClN3O2/c1-14-10-11-26-20(12-14)24-15(2)21(26)22(27)25-18-13-16(23)8-9-19(18)28-17-6-4-3-5-7-17/h3-13H,1-2H3,(H,25,27). The highest BCUT2D eigenvalue weighted by Gasteiger charge is 2.18. The van der Waals surface area contributed by atoms with Gasteiger partial charge in [-0.15, -0.1) is 0 Å². The molecule has 2 heterocycles. The molecule has 2 aromatic heterocycles. The molecular formula is C22H18ClN3O2. The maximum Gasteiger partial charge on any atom is 0.274 e. The number of nitrogens with one attached hydrogen (secondary N) is 1. The first-order valence-electron chi connectivity index (χ1n) is 8.80. The molecule has 0 atom stereocenters. The minimum Gasteiger partial charge on any atom is -0.455 e. The molecule has 6 heteroatoms. The van der Waals surface area contributed by atoms with Gasteiger partial charge >= 0.3 is 0 Å². The summed E-state index contributed by atoms with van der Waals surface area (Å²) in [4.78, 5) is 17.5. The van der Waals surface area contributed by atoms with E-state index in [-0.39, 0.29) is 5.91 Å². The summed E-state index contributed by atoms with van der Waals surface area (Å²) in [5.74, 6) is 0.891. The third-order valence-electron chi connectivity index (χ3n) is 4.33. The Labute approximate surface area is 167 Å². The summed E-state index contributed by atoms with van der Waals surface area (Å²) in [6.07, 6.45) is 1.85. The Kier molecular flexibility index (Phi) is 4.75. The van der Waals surface area contributed by atoms with E-state index >= 15 is 0 Å². The molecule has 0 aliphatic carbocycles. The minimum atomic E-state index is -0.283. The summed E-state index contributed by atoms with van der Waals surface area (Å²) in [5.41, 5.74) is 3.42. The molecule has 140 valence electrons. The van der Waals surface area contributed by atoms with Crippen molar-refractivity contribution in [2.75, 3.05) is 5.32 Å². The number of hydrogen-bond donors (Lipinski definition) is 1. The molecule has 0 saturated heterocycles. The average Bonchev–Trinajstić information content (AvgIpc) is 2.99. The summed E-state index contributed by atoms with van der Waals surface area (Å²) in [6, 6.07) is 18.4. The predicted molar refractivity (Wildman–Crippen MR) is 111 cm³/mol. The number of hydrogen-bond acceptors (Lipinski definition) is 3. The van der Waals surface area contributed by atoms with Gasteiger partial charge in [-0.25, -0.2) is 4.98 Å². The molecule has 0 spiro atoms. The Hall–Kier alpha value is -3.31. The first kappa shape index (κ1) is 18.1. The first-order valence-corrected chi connectivity index (χ1v) is 9.18. The summed E-state index contributed by atoms with van der Waals surface area (Å²) in [7, 11) is 0. The van der Waals surface area contributed by atoms with Gasteiger partial charge in [0.05, 0.1) is 11.4 Å². The largest absolute Gasteiger partial charge is 0.455 e. The highest BCUT2D eigenvalue weighted by molar-refractivity contribution is 6.31. The van der Waals surface area contributed by atoms with Crippen LogP contribution in [0.5, 0.6) is 11.5 Å². The van der Waals surface area contributed by atoms with Crippen molar-refractivity contribution in [3.8, 4) is 11.5 Å². The van der Waals surface area contributed by atoms with Crippen LogP contribution in [0.4, 0.5) is 5.69 Å². The molecule has 0 radical (unpaired) electrons. The zero-order valence-electron chi connectivity index (χ0n) is 15.4. The highest BCUT2D eigenvalue weighted by Crippen LogP contribution is 2.32. The maximum absolute atomic E-state index is 13.0. The van der Waals surface area contributed by atoms with Gasteiger partial charge in [-0.3, -0.25) is 9.20 Å². The second-order valence-electron chi connectivity index (χ2n) is 6.49. The molecular weight excluding hydrogens is 374 g/mol. The molecule has 0 saturated carbocycles. The van der Waals surface area contributed by atoms with Crippen LogP contribution in [0.1, 0.15) is 21.7 Å². The molecule has 0 aliphatic heterocycles. The number of ether oxygens (including phenoxy) is 1. The molecule has 0 bridgehead atoms. The van der Waals surface area contributed by atoms with Crippen LogP contribution in [0, 0.1) is 13.8 Å². The Morgan fingerprint density at radius 1 is 1.07 bits per heavy atom. The van der Waals surface area contributed by atoms with E-state index in [4.69, 9.17) is 16.3 Å². The molecule has 1 N–H and O–H groups in total. The molecule has 5 nitrogen and oxygen atoms in total. The number of benzene rings is 2. The second kappa shape index (κ2) is 7.37. The van der Waals surface area contributed by atoms with Gasteiger partial charge < -0.3 is 10.1 Å². The molecule has 4 aromatic rings. The Morgan fingerprint density at radius 2 is 1.86 bits per heavy atom. The average molecular weight is 392 g/mol. The molecule has 4 rings (SSSR count). The number of pyridine rings is 1. The van der Waals surface area contributed by atoms with Crippen molar-refractivity contribution in [1.29, 1.82) is 0 Å². The van der Waals surface area contributed by atoms with Gasteiger partial charge in [0, 0.05) is 11.2 Å². The molecule has 28 heavy (non-hydrogen) atoms. The van der Waals surface area contributed by atoms with Gasteiger partial charge in [-0.2, -0.15) is 0 Å². The summed E-state index contributed by atoms with van der Waals surface area (Å²) in [5, 5.41) is 3.41. The van der Waals surface area contributed by atoms with Crippen LogP contribution in [0.15, 0.2) is 66.9 Å². The van der Waals surface area contributed by atoms with E-state index in [0.717, 1.165) is 11.2 Å². The third-order valence-corrected chi connectivity index (χ3v) is 4.57. The number of fused-ring (bicyclic) bond motifs is 1. The number of halogens is 1. The third kappa shape index (κ3) is 3.57. The number of carbonyl (C=O) groups excluding carboxylic acids is 1. The number of aryl methyl sites for hydroxylation is 2. The Balaban J connectivity index is 1.68. The normalized spacial score (nSPS) is 10.8. The van der Waals surface area contributed by atoms with E-state index in [1.54, 1.807) is 22.6 Å². The van der Waals surface area contributed by atoms with E-state index in [1.807, 2.05) is 62.5 Å². The first-order chi connectivity index (χ1) is 13.5. The molecule has 2 aromatic carbocycles. The van der Waals surface area contributed by atoms with E-state index in [0.29, 0.717) is 33.6 Å². The van der Waals surface area contributed by atoms with Crippen LogP contribution in [-0.4, -0.2) is 15.3 Å². The lowest BCUT2D eigenvalue weighted by atomic mass is 10.2. The van der Waals surface area contributed by atoms with Crippen molar-refractivity contribution in [2.45, 2.75) is 13.8 Å². The lowest BCUT2D eigenvalue weighted by Gasteiger charge is -2.13. The lowest BCUT2D eigenvalue weighted by molar-refractivity contribution is 0.102. The molecule has 0 aliphatic rings. The number of rotatable bonds is 4. The topological polar surface area (TPSA) is 55.6 Å². The monoisotopic (exact) mass is 391 g/mol. The van der Waals surface area contributed by atoms with Crippen molar-refractivity contribution >= 4 is 28.8 Å². The van der Waals surface area contributed by atoms with E-state index in [2.05, 4.69) is 10.3 Å². The van der Waals surface area contributed by atoms with Crippen molar-refractivity contribution < 1.29 is 9.53 Å². The molecule has 0 unspecified atom stereocenters. The lowest BCUT2D eigenvalue weighted by Crippen LogP contribution is -2.16. The quantitative estimate of drug-likeness (QED) is 0.489. The number of imidazole rings is 1. The van der Waals surface area contributed by atoms with Crippen LogP contribution in [0.2, 0.25) is 5.02 Å². The van der Waals surface area contributed by atoms with Crippen molar-refractivity contribution in [3.63, 3.8) is 0 Å². The Bertz CT molecular complexity index is 1170. The van der Waals surface area contributed by atoms with Gasteiger partial charge in [0.15, 0.2) is 5.75 Å². The van der Waals surface area contributed by atoms with Gasteiger partial charge in [0.2, 0.25) is 0 Å². The number of carbonyl (C=O) groups is 1. The van der Waals surface area contributed by atoms with Crippen LogP contribution < -0.4 is 10.1 Å². The van der Waals surface area contributed by atoms with Gasteiger partial charge in [0.1, 0.15) is 17.1 Å². The minimum absolute atomic E-state index is 0.283. The molecule has 1 amide bonds. The Morgan fingerprint density at radius 3 is 2.64 bits per heavy atom. The summed E-state index contributed by atoms with van der Waals surface area (Å²) in [6.45, 7) is 3.81. The smallest absolute Gasteiger partial charge is 0.274 e. The second-order valence-corrected chi connectivity index (χ2v) is 6.92. The summed E-state index contributed by atoms with van der Waals surface area (Å²) < 4.78 is 7.70. The van der Waals surface area contributed by atoms with E-state index in [1.165, 1.54) is 0 Å². The SMILES string of the molecule is Cc1ccn2c(C(=O)Nc3cc(Cl)ccc3Oc3ccccc3)c(C)nc2c1.